The van der Waals surface area contributed by atoms with E-state index in [1.165, 1.54) is 23.1 Å². The quantitative estimate of drug-likeness (QED) is 0.814. The number of hydrogen-bond donors (Lipinski definition) is 2. The summed E-state index contributed by atoms with van der Waals surface area (Å²) in [5.41, 5.74) is 3.61. The van der Waals surface area contributed by atoms with Crippen LogP contribution < -0.4 is 5.32 Å². The van der Waals surface area contributed by atoms with Gasteiger partial charge in [0.1, 0.15) is 0 Å². The zero-order valence-corrected chi connectivity index (χ0v) is 10.2. The van der Waals surface area contributed by atoms with Crippen LogP contribution in [0.4, 0.5) is 0 Å². The molecule has 2 rings (SSSR count). The summed E-state index contributed by atoms with van der Waals surface area (Å²) in [4.78, 5) is 0. The van der Waals surface area contributed by atoms with Crippen LogP contribution in [0.1, 0.15) is 36.0 Å². The zero-order chi connectivity index (χ0) is 11.6. The Kier molecular flexibility index (Phi) is 3.31. The molecule has 0 radical (unpaired) electrons. The van der Waals surface area contributed by atoms with Crippen molar-refractivity contribution in [2.75, 3.05) is 6.54 Å². The highest BCUT2D eigenvalue weighted by Crippen LogP contribution is 2.30. The van der Waals surface area contributed by atoms with Crippen molar-refractivity contribution in [1.82, 2.24) is 5.32 Å². The number of benzene rings is 1. The molecule has 2 heteroatoms. The summed E-state index contributed by atoms with van der Waals surface area (Å²) in [6, 6.07) is 6.38. The molecule has 0 heterocycles. The van der Waals surface area contributed by atoms with E-state index in [1.54, 1.807) is 0 Å². The van der Waals surface area contributed by atoms with Gasteiger partial charge in [-0.1, -0.05) is 18.2 Å². The Labute approximate surface area is 97.7 Å². The molecule has 2 N–H and O–H groups in total. The molecule has 0 saturated heterocycles. The molecule has 1 saturated carbocycles. The second-order valence-electron chi connectivity index (χ2n) is 5.04. The van der Waals surface area contributed by atoms with E-state index < -0.39 is 5.60 Å². The molecule has 1 aliphatic carbocycles. The lowest BCUT2D eigenvalue weighted by atomic mass is 9.80. The standard InChI is InChI=1S/C14H21NO/c1-11-5-3-6-13(12(11)2)9-15-10-14(16)7-4-8-14/h3,5-6,15-16H,4,7-10H2,1-2H3. The molecule has 0 aliphatic heterocycles. The van der Waals surface area contributed by atoms with Crippen molar-refractivity contribution in [3.63, 3.8) is 0 Å². The van der Waals surface area contributed by atoms with Crippen LogP contribution in [0, 0.1) is 13.8 Å². The molecule has 1 aromatic carbocycles. The predicted octanol–water partition coefficient (Wildman–Crippen LogP) is 2.31. The van der Waals surface area contributed by atoms with Crippen molar-refractivity contribution >= 4 is 0 Å². The van der Waals surface area contributed by atoms with E-state index in [9.17, 15) is 5.11 Å². The van der Waals surface area contributed by atoms with Gasteiger partial charge in [0.05, 0.1) is 5.60 Å². The second kappa shape index (κ2) is 4.56. The SMILES string of the molecule is Cc1cccc(CNCC2(O)CCC2)c1C. The van der Waals surface area contributed by atoms with Crippen molar-refractivity contribution in [2.45, 2.75) is 45.3 Å². The molecule has 0 amide bonds. The van der Waals surface area contributed by atoms with E-state index in [0.29, 0.717) is 0 Å². The van der Waals surface area contributed by atoms with Crippen molar-refractivity contribution in [2.24, 2.45) is 0 Å². The fraction of sp³-hybridized carbons (Fsp3) is 0.571. The third kappa shape index (κ3) is 2.45. The lowest BCUT2D eigenvalue weighted by Gasteiger charge is -2.36. The van der Waals surface area contributed by atoms with Crippen LogP contribution in [0.2, 0.25) is 0 Å². The smallest absolute Gasteiger partial charge is 0.0771 e. The van der Waals surface area contributed by atoms with Gasteiger partial charge in [-0.05, 0) is 49.8 Å². The molecule has 0 unspecified atom stereocenters. The van der Waals surface area contributed by atoms with Crippen LogP contribution in [0.25, 0.3) is 0 Å². The van der Waals surface area contributed by atoms with Gasteiger partial charge in [0, 0.05) is 13.1 Å². The van der Waals surface area contributed by atoms with E-state index in [0.717, 1.165) is 25.9 Å². The van der Waals surface area contributed by atoms with Gasteiger partial charge in [-0.2, -0.15) is 0 Å². The average molecular weight is 219 g/mol. The van der Waals surface area contributed by atoms with Crippen LogP contribution in [-0.4, -0.2) is 17.3 Å². The van der Waals surface area contributed by atoms with Crippen molar-refractivity contribution in [3.8, 4) is 0 Å². The Hall–Kier alpha value is -0.860. The fourth-order valence-electron chi connectivity index (χ4n) is 2.19. The molecule has 1 aromatic rings. The van der Waals surface area contributed by atoms with Crippen LogP contribution in [0.3, 0.4) is 0 Å². The van der Waals surface area contributed by atoms with Gasteiger partial charge in [0.25, 0.3) is 0 Å². The number of hydrogen-bond acceptors (Lipinski definition) is 2. The number of rotatable bonds is 4. The summed E-state index contributed by atoms with van der Waals surface area (Å²) in [5.74, 6) is 0. The minimum atomic E-state index is -0.419. The van der Waals surface area contributed by atoms with Gasteiger partial charge in [-0.25, -0.2) is 0 Å². The van der Waals surface area contributed by atoms with E-state index in [4.69, 9.17) is 0 Å². The van der Waals surface area contributed by atoms with Crippen LogP contribution >= 0.6 is 0 Å². The summed E-state index contributed by atoms with van der Waals surface area (Å²) in [7, 11) is 0. The van der Waals surface area contributed by atoms with E-state index in [1.807, 2.05) is 0 Å². The van der Waals surface area contributed by atoms with Crippen molar-refractivity contribution in [3.05, 3.63) is 34.9 Å². The number of aliphatic hydroxyl groups is 1. The first kappa shape index (κ1) is 11.6. The van der Waals surface area contributed by atoms with E-state index >= 15 is 0 Å². The molecular formula is C14H21NO. The highest BCUT2D eigenvalue weighted by Gasteiger charge is 2.33. The third-order valence-corrected chi connectivity index (χ3v) is 3.77. The normalized spacial score (nSPS) is 18.2. The van der Waals surface area contributed by atoms with Crippen molar-refractivity contribution < 1.29 is 5.11 Å². The minimum Gasteiger partial charge on any atom is -0.389 e. The molecule has 1 aliphatic rings. The van der Waals surface area contributed by atoms with Crippen molar-refractivity contribution in [1.29, 1.82) is 0 Å². The Balaban J connectivity index is 1.87. The Morgan fingerprint density at radius 1 is 1.31 bits per heavy atom. The molecule has 2 nitrogen and oxygen atoms in total. The molecule has 88 valence electrons. The molecule has 16 heavy (non-hydrogen) atoms. The van der Waals surface area contributed by atoms with Crippen LogP contribution in [-0.2, 0) is 6.54 Å². The number of nitrogens with one attached hydrogen (secondary N) is 1. The zero-order valence-electron chi connectivity index (χ0n) is 10.2. The Morgan fingerprint density at radius 2 is 2.06 bits per heavy atom. The second-order valence-corrected chi connectivity index (χ2v) is 5.04. The van der Waals surface area contributed by atoms with Gasteiger partial charge < -0.3 is 10.4 Å². The highest BCUT2D eigenvalue weighted by atomic mass is 16.3. The van der Waals surface area contributed by atoms with E-state index in [-0.39, 0.29) is 0 Å². The summed E-state index contributed by atoms with van der Waals surface area (Å²) in [5, 5.41) is 13.3. The van der Waals surface area contributed by atoms with Gasteiger partial charge in [-0.15, -0.1) is 0 Å². The maximum Gasteiger partial charge on any atom is 0.0771 e. The first-order chi connectivity index (χ1) is 7.61. The van der Waals surface area contributed by atoms with Gasteiger partial charge >= 0.3 is 0 Å². The molecule has 0 spiro atoms. The summed E-state index contributed by atoms with van der Waals surface area (Å²) in [6.45, 7) is 5.87. The Morgan fingerprint density at radius 3 is 2.69 bits per heavy atom. The van der Waals surface area contributed by atoms with Crippen LogP contribution in [0.15, 0.2) is 18.2 Å². The number of aryl methyl sites for hydroxylation is 1. The Bertz CT molecular complexity index is 369. The van der Waals surface area contributed by atoms with Crippen LogP contribution in [0.5, 0.6) is 0 Å². The maximum absolute atomic E-state index is 9.95. The molecule has 0 bridgehead atoms. The monoisotopic (exact) mass is 219 g/mol. The summed E-state index contributed by atoms with van der Waals surface area (Å²) >= 11 is 0. The minimum absolute atomic E-state index is 0.419. The fourth-order valence-corrected chi connectivity index (χ4v) is 2.19. The highest BCUT2D eigenvalue weighted by molar-refractivity contribution is 5.32. The van der Waals surface area contributed by atoms with E-state index in [2.05, 4.69) is 37.4 Å². The average Bonchev–Trinajstić information content (AvgIpc) is 2.22. The van der Waals surface area contributed by atoms with Gasteiger partial charge in [-0.3, -0.25) is 0 Å². The lowest BCUT2D eigenvalue weighted by Crippen LogP contribution is -2.46. The molecule has 0 aromatic heterocycles. The molecule has 1 fully saturated rings. The summed E-state index contributed by atoms with van der Waals surface area (Å²) < 4.78 is 0. The predicted molar refractivity (Wildman–Crippen MR) is 66.4 cm³/mol. The molecule has 0 atom stereocenters. The van der Waals surface area contributed by atoms with Gasteiger partial charge in [0.15, 0.2) is 0 Å². The topological polar surface area (TPSA) is 32.3 Å². The summed E-state index contributed by atoms with van der Waals surface area (Å²) in [6.07, 6.45) is 3.07. The first-order valence-electron chi connectivity index (χ1n) is 6.09. The maximum atomic E-state index is 9.95. The first-order valence-corrected chi connectivity index (χ1v) is 6.09. The molecular weight excluding hydrogens is 198 g/mol. The largest absolute Gasteiger partial charge is 0.389 e. The van der Waals surface area contributed by atoms with Gasteiger partial charge in [0.2, 0.25) is 0 Å². The lowest BCUT2D eigenvalue weighted by molar-refractivity contribution is -0.0314. The third-order valence-electron chi connectivity index (χ3n) is 3.77.